The average molecular weight is 192 g/mol. The Morgan fingerprint density at radius 1 is 1.36 bits per heavy atom. The first-order valence-corrected chi connectivity index (χ1v) is 4.62. The van der Waals surface area contributed by atoms with Gasteiger partial charge in [0.25, 0.3) is 0 Å². The topological polar surface area (TPSA) is 46.3 Å². The number of amides is 1. The SMILES string of the molecule is Cc1ccc(N(C)C(=O)C(C)N)cc1. The van der Waals surface area contributed by atoms with Gasteiger partial charge >= 0.3 is 0 Å². The molecule has 0 spiro atoms. The zero-order chi connectivity index (χ0) is 10.7. The van der Waals surface area contributed by atoms with E-state index in [4.69, 9.17) is 5.73 Å². The minimum absolute atomic E-state index is 0.0751. The van der Waals surface area contributed by atoms with Gasteiger partial charge in [0.1, 0.15) is 0 Å². The molecule has 76 valence electrons. The molecule has 0 radical (unpaired) electrons. The van der Waals surface area contributed by atoms with Crippen molar-refractivity contribution in [1.29, 1.82) is 0 Å². The normalized spacial score (nSPS) is 12.3. The fourth-order valence-electron chi connectivity index (χ4n) is 1.20. The predicted octanol–water partition coefficient (Wildman–Crippen LogP) is 1.31. The summed E-state index contributed by atoms with van der Waals surface area (Å²) in [5, 5.41) is 0. The van der Waals surface area contributed by atoms with E-state index in [2.05, 4.69) is 0 Å². The molecular formula is C11H16N2O. The Labute approximate surface area is 84.5 Å². The van der Waals surface area contributed by atoms with Crippen molar-refractivity contribution in [2.75, 3.05) is 11.9 Å². The third kappa shape index (κ3) is 2.33. The number of nitrogens with zero attached hydrogens (tertiary/aromatic N) is 1. The van der Waals surface area contributed by atoms with Crippen LogP contribution in [0, 0.1) is 6.92 Å². The fourth-order valence-corrected chi connectivity index (χ4v) is 1.20. The van der Waals surface area contributed by atoms with E-state index in [0.29, 0.717) is 0 Å². The van der Waals surface area contributed by atoms with Crippen LogP contribution in [0.15, 0.2) is 24.3 Å². The van der Waals surface area contributed by atoms with Crippen LogP contribution in [-0.2, 0) is 4.79 Å². The van der Waals surface area contributed by atoms with Gasteiger partial charge in [-0.3, -0.25) is 4.79 Å². The number of nitrogens with two attached hydrogens (primary N) is 1. The quantitative estimate of drug-likeness (QED) is 0.767. The zero-order valence-corrected chi connectivity index (χ0v) is 8.82. The molecule has 0 aliphatic heterocycles. The van der Waals surface area contributed by atoms with Gasteiger partial charge in [-0.1, -0.05) is 17.7 Å². The monoisotopic (exact) mass is 192 g/mol. The number of hydrogen-bond acceptors (Lipinski definition) is 2. The molecule has 0 saturated heterocycles. The van der Waals surface area contributed by atoms with Crippen molar-refractivity contribution in [3.05, 3.63) is 29.8 Å². The lowest BCUT2D eigenvalue weighted by molar-refractivity contribution is -0.119. The van der Waals surface area contributed by atoms with Crippen molar-refractivity contribution in [1.82, 2.24) is 0 Å². The molecule has 1 atom stereocenters. The van der Waals surface area contributed by atoms with Crippen LogP contribution in [0.3, 0.4) is 0 Å². The molecule has 0 aromatic heterocycles. The van der Waals surface area contributed by atoms with Gasteiger partial charge in [0, 0.05) is 12.7 Å². The highest BCUT2D eigenvalue weighted by atomic mass is 16.2. The molecule has 1 aromatic rings. The van der Waals surface area contributed by atoms with Crippen LogP contribution in [0.4, 0.5) is 5.69 Å². The summed E-state index contributed by atoms with van der Waals surface area (Å²) in [7, 11) is 1.73. The summed E-state index contributed by atoms with van der Waals surface area (Å²) in [6.45, 7) is 3.70. The summed E-state index contributed by atoms with van der Waals surface area (Å²) >= 11 is 0. The van der Waals surface area contributed by atoms with Gasteiger partial charge in [-0.2, -0.15) is 0 Å². The van der Waals surface area contributed by atoms with Crippen LogP contribution in [-0.4, -0.2) is 19.0 Å². The number of carbonyl (C=O) groups is 1. The fraction of sp³-hybridized carbons (Fsp3) is 0.364. The van der Waals surface area contributed by atoms with Crippen LogP contribution in [0.1, 0.15) is 12.5 Å². The van der Waals surface area contributed by atoms with Crippen LogP contribution in [0.2, 0.25) is 0 Å². The third-order valence-electron chi connectivity index (χ3n) is 2.14. The van der Waals surface area contributed by atoms with Crippen molar-refractivity contribution < 1.29 is 4.79 Å². The zero-order valence-electron chi connectivity index (χ0n) is 8.82. The van der Waals surface area contributed by atoms with E-state index < -0.39 is 6.04 Å². The Bertz CT molecular complexity index is 317. The Morgan fingerprint density at radius 2 is 1.86 bits per heavy atom. The number of rotatable bonds is 2. The second kappa shape index (κ2) is 4.24. The van der Waals surface area contributed by atoms with Crippen molar-refractivity contribution >= 4 is 11.6 Å². The number of likely N-dealkylation sites (N-methyl/N-ethyl adjacent to an activating group) is 1. The molecular weight excluding hydrogens is 176 g/mol. The molecule has 1 unspecified atom stereocenters. The highest BCUT2D eigenvalue weighted by Crippen LogP contribution is 2.13. The number of benzene rings is 1. The van der Waals surface area contributed by atoms with E-state index in [1.165, 1.54) is 5.56 Å². The van der Waals surface area contributed by atoms with Crippen LogP contribution < -0.4 is 10.6 Å². The maximum Gasteiger partial charge on any atom is 0.243 e. The lowest BCUT2D eigenvalue weighted by Crippen LogP contribution is -2.39. The summed E-state index contributed by atoms with van der Waals surface area (Å²) in [6.07, 6.45) is 0. The van der Waals surface area contributed by atoms with E-state index in [0.717, 1.165) is 5.69 Å². The second-order valence-electron chi connectivity index (χ2n) is 3.52. The van der Waals surface area contributed by atoms with Gasteiger partial charge in [-0.15, -0.1) is 0 Å². The smallest absolute Gasteiger partial charge is 0.243 e. The van der Waals surface area contributed by atoms with Crippen LogP contribution >= 0.6 is 0 Å². The Kier molecular flexibility index (Phi) is 3.25. The lowest BCUT2D eigenvalue weighted by atomic mass is 10.2. The van der Waals surface area contributed by atoms with Crippen molar-refractivity contribution in [3.8, 4) is 0 Å². The molecule has 0 bridgehead atoms. The summed E-state index contributed by atoms with van der Waals surface area (Å²) in [5.41, 5.74) is 7.56. The molecule has 0 fully saturated rings. The van der Waals surface area contributed by atoms with Gasteiger partial charge in [0.05, 0.1) is 6.04 Å². The van der Waals surface area contributed by atoms with Gasteiger partial charge in [0.15, 0.2) is 0 Å². The van der Waals surface area contributed by atoms with Gasteiger partial charge in [-0.05, 0) is 26.0 Å². The van der Waals surface area contributed by atoms with E-state index >= 15 is 0 Å². The minimum Gasteiger partial charge on any atom is -0.320 e. The first kappa shape index (κ1) is 10.7. The molecule has 14 heavy (non-hydrogen) atoms. The predicted molar refractivity (Wildman–Crippen MR) is 58.2 cm³/mol. The molecule has 0 aliphatic rings. The lowest BCUT2D eigenvalue weighted by Gasteiger charge is -2.19. The van der Waals surface area contributed by atoms with Crippen molar-refractivity contribution in [2.45, 2.75) is 19.9 Å². The largest absolute Gasteiger partial charge is 0.320 e. The maximum absolute atomic E-state index is 11.5. The van der Waals surface area contributed by atoms with Crippen LogP contribution in [0.5, 0.6) is 0 Å². The van der Waals surface area contributed by atoms with Gasteiger partial charge in [0.2, 0.25) is 5.91 Å². The number of anilines is 1. The molecule has 3 nitrogen and oxygen atoms in total. The Balaban J connectivity index is 2.84. The summed E-state index contributed by atoms with van der Waals surface area (Å²) in [6, 6.07) is 7.31. The summed E-state index contributed by atoms with van der Waals surface area (Å²) < 4.78 is 0. The molecule has 0 saturated carbocycles. The number of hydrogen-bond donors (Lipinski definition) is 1. The first-order chi connectivity index (χ1) is 6.52. The van der Waals surface area contributed by atoms with Crippen LogP contribution in [0.25, 0.3) is 0 Å². The maximum atomic E-state index is 11.5. The second-order valence-corrected chi connectivity index (χ2v) is 3.52. The Morgan fingerprint density at radius 3 is 2.29 bits per heavy atom. The molecule has 0 aliphatic carbocycles. The average Bonchev–Trinajstić information content (AvgIpc) is 2.16. The van der Waals surface area contributed by atoms with Crippen molar-refractivity contribution in [3.63, 3.8) is 0 Å². The molecule has 1 rings (SSSR count). The summed E-state index contributed by atoms with van der Waals surface area (Å²) in [4.78, 5) is 13.1. The molecule has 1 amide bonds. The van der Waals surface area contributed by atoms with E-state index in [-0.39, 0.29) is 5.91 Å². The van der Waals surface area contributed by atoms with E-state index in [9.17, 15) is 4.79 Å². The van der Waals surface area contributed by atoms with E-state index in [1.807, 2.05) is 31.2 Å². The minimum atomic E-state index is -0.457. The number of aryl methyl sites for hydroxylation is 1. The highest BCUT2D eigenvalue weighted by molar-refractivity contribution is 5.96. The van der Waals surface area contributed by atoms with Gasteiger partial charge in [-0.25, -0.2) is 0 Å². The Hall–Kier alpha value is -1.35. The molecule has 0 heterocycles. The molecule has 3 heteroatoms. The highest BCUT2D eigenvalue weighted by Gasteiger charge is 2.14. The molecule has 1 aromatic carbocycles. The third-order valence-corrected chi connectivity index (χ3v) is 2.14. The first-order valence-electron chi connectivity index (χ1n) is 4.62. The van der Waals surface area contributed by atoms with Crippen molar-refractivity contribution in [2.24, 2.45) is 5.73 Å². The molecule has 2 N–H and O–H groups in total. The number of carbonyl (C=O) groups excluding carboxylic acids is 1. The standard InChI is InChI=1S/C11H16N2O/c1-8-4-6-10(7-5-8)13(3)11(14)9(2)12/h4-7,9H,12H2,1-3H3. The summed E-state index contributed by atoms with van der Waals surface area (Å²) in [5.74, 6) is -0.0751. The van der Waals surface area contributed by atoms with Gasteiger partial charge < -0.3 is 10.6 Å². The van der Waals surface area contributed by atoms with E-state index in [1.54, 1.807) is 18.9 Å².